The molecule has 104 valence electrons. The molecule has 0 aliphatic carbocycles. The summed E-state index contributed by atoms with van der Waals surface area (Å²) in [5.41, 5.74) is 2.67. The van der Waals surface area contributed by atoms with Gasteiger partial charge in [-0.25, -0.2) is 4.68 Å². The highest BCUT2D eigenvalue weighted by Gasteiger charge is 2.06. The van der Waals surface area contributed by atoms with Crippen molar-refractivity contribution >= 4 is 11.4 Å². The lowest BCUT2D eigenvalue weighted by molar-refractivity contribution is 0.848. The summed E-state index contributed by atoms with van der Waals surface area (Å²) >= 11 is 0. The van der Waals surface area contributed by atoms with Crippen LogP contribution in [0.3, 0.4) is 0 Å². The van der Waals surface area contributed by atoms with Crippen molar-refractivity contribution in [3.8, 4) is 5.69 Å². The van der Waals surface area contributed by atoms with Crippen LogP contribution in [0.5, 0.6) is 0 Å². The van der Waals surface area contributed by atoms with Gasteiger partial charge in [0.15, 0.2) is 5.69 Å². The van der Waals surface area contributed by atoms with Gasteiger partial charge in [0.2, 0.25) is 0 Å². The summed E-state index contributed by atoms with van der Waals surface area (Å²) in [7, 11) is 0. The second-order valence-electron chi connectivity index (χ2n) is 4.67. The van der Waals surface area contributed by atoms with Crippen molar-refractivity contribution in [2.24, 2.45) is 10.2 Å². The minimum Gasteiger partial charge on any atom is -0.296 e. The topological polar surface area (TPSA) is 62.5 Å². The maximum Gasteiger partial charge on any atom is 0.298 e. The van der Waals surface area contributed by atoms with Gasteiger partial charge in [0.05, 0.1) is 17.6 Å². The molecule has 3 aromatic rings. The molecule has 0 radical (unpaired) electrons. The lowest BCUT2D eigenvalue weighted by Gasteiger charge is -2.00. The molecule has 0 saturated carbocycles. The van der Waals surface area contributed by atoms with Crippen molar-refractivity contribution in [1.29, 1.82) is 0 Å². The Kier molecular flexibility index (Phi) is 3.47. The standard InChI is InChI=1S/C16H14N4O/c1-12-7-9-14(10-8-12)20-16(21)15(11-17-20)19-18-13-5-3-2-4-6-13/h2-11,17H,1H3. The summed E-state index contributed by atoms with van der Waals surface area (Å²) in [5, 5.41) is 10.9. The van der Waals surface area contributed by atoms with Crippen LogP contribution in [-0.4, -0.2) is 9.78 Å². The van der Waals surface area contributed by atoms with E-state index in [1.54, 1.807) is 6.20 Å². The molecule has 0 saturated heterocycles. The Morgan fingerprint density at radius 1 is 0.952 bits per heavy atom. The fraction of sp³-hybridized carbons (Fsp3) is 0.0625. The zero-order chi connectivity index (χ0) is 14.7. The van der Waals surface area contributed by atoms with Crippen LogP contribution >= 0.6 is 0 Å². The third kappa shape index (κ3) is 2.81. The van der Waals surface area contributed by atoms with Crippen LogP contribution in [0.2, 0.25) is 0 Å². The lowest BCUT2D eigenvalue weighted by Crippen LogP contribution is -2.13. The monoisotopic (exact) mass is 278 g/mol. The summed E-state index contributed by atoms with van der Waals surface area (Å²) < 4.78 is 1.44. The molecule has 1 heterocycles. The maximum atomic E-state index is 12.3. The number of H-pyrrole nitrogens is 1. The van der Waals surface area contributed by atoms with Gasteiger partial charge in [0.1, 0.15) is 0 Å². The smallest absolute Gasteiger partial charge is 0.296 e. The number of nitrogens with zero attached hydrogens (tertiary/aromatic N) is 3. The largest absolute Gasteiger partial charge is 0.298 e. The summed E-state index contributed by atoms with van der Waals surface area (Å²) in [6, 6.07) is 17.0. The van der Waals surface area contributed by atoms with Crippen LogP contribution in [0, 0.1) is 6.92 Å². The maximum absolute atomic E-state index is 12.3. The molecule has 0 atom stereocenters. The summed E-state index contributed by atoms with van der Waals surface area (Å²) in [5.74, 6) is 0. The number of azo groups is 1. The first kappa shape index (κ1) is 13.1. The third-order valence-electron chi connectivity index (χ3n) is 3.07. The van der Waals surface area contributed by atoms with Gasteiger partial charge >= 0.3 is 0 Å². The minimum atomic E-state index is -0.224. The fourth-order valence-electron chi connectivity index (χ4n) is 1.92. The molecule has 0 fully saturated rings. The average molecular weight is 278 g/mol. The van der Waals surface area contributed by atoms with Gasteiger partial charge in [-0.3, -0.25) is 9.89 Å². The van der Waals surface area contributed by atoms with Crippen LogP contribution < -0.4 is 5.56 Å². The van der Waals surface area contributed by atoms with E-state index in [-0.39, 0.29) is 11.2 Å². The molecule has 0 aliphatic rings. The van der Waals surface area contributed by atoms with Crippen molar-refractivity contribution in [1.82, 2.24) is 9.78 Å². The SMILES string of the molecule is Cc1ccc(-n2[nH]cc(N=Nc3ccccc3)c2=O)cc1. The first-order chi connectivity index (χ1) is 10.2. The molecule has 2 aromatic carbocycles. The van der Waals surface area contributed by atoms with E-state index in [0.717, 1.165) is 11.3 Å². The van der Waals surface area contributed by atoms with E-state index < -0.39 is 0 Å². The molecular weight excluding hydrogens is 264 g/mol. The molecule has 0 unspecified atom stereocenters. The Balaban J connectivity index is 1.91. The lowest BCUT2D eigenvalue weighted by atomic mass is 10.2. The van der Waals surface area contributed by atoms with Crippen LogP contribution in [-0.2, 0) is 0 Å². The molecule has 3 rings (SSSR count). The molecule has 5 nitrogen and oxygen atoms in total. The fourth-order valence-corrected chi connectivity index (χ4v) is 1.92. The number of hydrogen-bond donors (Lipinski definition) is 1. The van der Waals surface area contributed by atoms with Gasteiger partial charge in [0, 0.05) is 0 Å². The molecule has 0 spiro atoms. The number of rotatable bonds is 3. The first-order valence-corrected chi connectivity index (χ1v) is 6.58. The van der Waals surface area contributed by atoms with Crippen LogP contribution in [0.4, 0.5) is 11.4 Å². The number of aromatic amines is 1. The first-order valence-electron chi connectivity index (χ1n) is 6.58. The molecule has 1 N–H and O–H groups in total. The van der Waals surface area contributed by atoms with Crippen LogP contribution in [0.1, 0.15) is 5.56 Å². The van der Waals surface area contributed by atoms with Gasteiger partial charge in [-0.2, -0.15) is 5.11 Å². The van der Waals surface area contributed by atoms with Crippen LogP contribution in [0.15, 0.2) is 75.8 Å². The minimum absolute atomic E-state index is 0.224. The van der Waals surface area contributed by atoms with Gasteiger partial charge < -0.3 is 0 Å². The van der Waals surface area contributed by atoms with Crippen molar-refractivity contribution in [2.75, 3.05) is 0 Å². The zero-order valence-electron chi connectivity index (χ0n) is 11.5. The van der Waals surface area contributed by atoms with Crippen molar-refractivity contribution in [2.45, 2.75) is 6.92 Å². The van der Waals surface area contributed by atoms with Gasteiger partial charge in [-0.15, -0.1) is 5.11 Å². The van der Waals surface area contributed by atoms with Gasteiger partial charge in [-0.05, 0) is 31.2 Å². The predicted octanol–water partition coefficient (Wildman–Crippen LogP) is 3.89. The molecule has 5 heteroatoms. The Labute approximate surface area is 121 Å². The Morgan fingerprint density at radius 3 is 2.38 bits per heavy atom. The van der Waals surface area contributed by atoms with E-state index in [0.29, 0.717) is 5.69 Å². The van der Waals surface area contributed by atoms with E-state index in [9.17, 15) is 4.79 Å². The number of aryl methyl sites for hydroxylation is 1. The molecule has 21 heavy (non-hydrogen) atoms. The highest BCUT2D eigenvalue weighted by atomic mass is 16.1. The molecule has 0 bridgehead atoms. The zero-order valence-corrected chi connectivity index (χ0v) is 11.5. The van der Waals surface area contributed by atoms with Crippen LogP contribution in [0.25, 0.3) is 5.69 Å². The molecule has 0 aliphatic heterocycles. The van der Waals surface area contributed by atoms with Crippen molar-refractivity contribution in [3.63, 3.8) is 0 Å². The number of nitrogens with one attached hydrogen (secondary N) is 1. The van der Waals surface area contributed by atoms with Gasteiger partial charge in [0.25, 0.3) is 5.56 Å². The van der Waals surface area contributed by atoms with Crippen molar-refractivity contribution in [3.05, 3.63) is 76.7 Å². The summed E-state index contributed by atoms with van der Waals surface area (Å²) in [6.45, 7) is 2.00. The number of hydrogen-bond acceptors (Lipinski definition) is 3. The number of aromatic nitrogens is 2. The Morgan fingerprint density at radius 2 is 1.67 bits per heavy atom. The highest BCUT2D eigenvalue weighted by Crippen LogP contribution is 2.15. The molecule has 0 amide bonds. The van der Waals surface area contributed by atoms with Gasteiger partial charge in [-0.1, -0.05) is 35.9 Å². The quantitative estimate of drug-likeness (QED) is 0.726. The summed E-state index contributed by atoms with van der Waals surface area (Å²) in [6.07, 6.45) is 1.55. The average Bonchev–Trinajstić information content (AvgIpc) is 2.88. The van der Waals surface area contributed by atoms with Crippen molar-refractivity contribution < 1.29 is 0 Å². The Bertz CT molecular complexity index is 813. The van der Waals surface area contributed by atoms with E-state index in [1.807, 2.05) is 61.5 Å². The third-order valence-corrected chi connectivity index (χ3v) is 3.07. The highest BCUT2D eigenvalue weighted by molar-refractivity contribution is 5.40. The predicted molar refractivity (Wildman–Crippen MR) is 81.7 cm³/mol. The Hall–Kier alpha value is -2.95. The molecule has 1 aromatic heterocycles. The van der Waals surface area contributed by atoms with E-state index >= 15 is 0 Å². The van der Waals surface area contributed by atoms with E-state index in [4.69, 9.17) is 0 Å². The number of benzene rings is 2. The summed E-state index contributed by atoms with van der Waals surface area (Å²) in [4.78, 5) is 12.3. The normalized spacial score (nSPS) is 11.1. The van der Waals surface area contributed by atoms with E-state index in [1.165, 1.54) is 4.68 Å². The van der Waals surface area contributed by atoms with E-state index in [2.05, 4.69) is 15.3 Å². The second kappa shape index (κ2) is 5.58. The molecular formula is C16H14N4O. The second-order valence-corrected chi connectivity index (χ2v) is 4.67.